The molecular formula is C9H16N2. The van der Waals surface area contributed by atoms with Crippen LogP contribution in [-0.4, -0.2) is 30.6 Å². The maximum Gasteiger partial charge on any atom is 0.0128 e. The second kappa shape index (κ2) is 1.80. The smallest absolute Gasteiger partial charge is 0.0128 e. The summed E-state index contributed by atoms with van der Waals surface area (Å²) in [5.74, 6) is 2.70. The third-order valence-corrected chi connectivity index (χ3v) is 4.27. The van der Waals surface area contributed by atoms with Gasteiger partial charge < -0.3 is 10.6 Å². The maximum absolute atomic E-state index is 6.14. The van der Waals surface area contributed by atoms with Crippen LogP contribution >= 0.6 is 0 Å². The quantitative estimate of drug-likeness (QED) is 0.540. The predicted molar refractivity (Wildman–Crippen MR) is 44.1 cm³/mol. The third kappa shape index (κ3) is 0.611. The monoisotopic (exact) mass is 152 g/mol. The lowest BCUT2D eigenvalue weighted by Gasteiger charge is -2.24. The van der Waals surface area contributed by atoms with E-state index in [1.165, 1.54) is 19.4 Å². The van der Waals surface area contributed by atoms with Gasteiger partial charge in [0.05, 0.1) is 0 Å². The number of hydrogen-bond acceptors (Lipinski definition) is 2. The highest BCUT2D eigenvalue weighted by molar-refractivity contribution is 5.10. The first-order valence-corrected chi connectivity index (χ1v) is 4.73. The second-order valence-electron chi connectivity index (χ2n) is 4.64. The highest BCUT2D eigenvalue weighted by Crippen LogP contribution is 2.53. The van der Waals surface area contributed by atoms with Gasteiger partial charge in [-0.05, 0) is 37.6 Å². The molecule has 0 unspecified atom stereocenters. The number of hydrogen-bond donors (Lipinski definition) is 1. The summed E-state index contributed by atoms with van der Waals surface area (Å²) in [5.41, 5.74) is 6.14. The van der Waals surface area contributed by atoms with Crippen molar-refractivity contribution in [2.45, 2.75) is 24.9 Å². The van der Waals surface area contributed by atoms with Crippen molar-refractivity contribution in [3.05, 3.63) is 0 Å². The van der Waals surface area contributed by atoms with E-state index >= 15 is 0 Å². The highest BCUT2D eigenvalue weighted by atomic mass is 15.2. The summed E-state index contributed by atoms with van der Waals surface area (Å²) in [6.07, 6.45) is 2.82. The van der Waals surface area contributed by atoms with Crippen molar-refractivity contribution < 1.29 is 0 Å². The lowest BCUT2D eigenvalue weighted by atomic mass is 9.86. The van der Waals surface area contributed by atoms with Crippen molar-refractivity contribution in [2.24, 2.45) is 23.5 Å². The molecule has 2 saturated carbocycles. The van der Waals surface area contributed by atoms with Gasteiger partial charge in [-0.3, -0.25) is 0 Å². The van der Waals surface area contributed by atoms with Gasteiger partial charge >= 0.3 is 0 Å². The average molecular weight is 152 g/mol. The largest absolute Gasteiger partial charge is 0.327 e. The van der Waals surface area contributed by atoms with E-state index in [0.717, 1.165) is 23.8 Å². The van der Waals surface area contributed by atoms with E-state index in [9.17, 15) is 0 Å². The van der Waals surface area contributed by atoms with Crippen molar-refractivity contribution in [3.63, 3.8) is 0 Å². The Morgan fingerprint density at radius 3 is 2.73 bits per heavy atom. The molecule has 1 aliphatic heterocycles. The van der Waals surface area contributed by atoms with E-state index in [4.69, 9.17) is 5.73 Å². The zero-order chi connectivity index (χ0) is 7.59. The van der Waals surface area contributed by atoms with Crippen molar-refractivity contribution in [3.8, 4) is 0 Å². The van der Waals surface area contributed by atoms with Gasteiger partial charge in [0.15, 0.2) is 0 Å². The first kappa shape index (κ1) is 6.44. The number of nitrogens with zero attached hydrogens (tertiary/aromatic N) is 1. The molecule has 2 nitrogen and oxygen atoms in total. The van der Waals surface area contributed by atoms with E-state index in [1.54, 1.807) is 0 Å². The lowest BCUT2D eigenvalue weighted by molar-refractivity contribution is 0.276. The Morgan fingerprint density at radius 2 is 2.09 bits per heavy atom. The summed E-state index contributed by atoms with van der Waals surface area (Å²) >= 11 is 0. The van der Waals surface area contributed by atoms with E-state index in [0.29, 0.717) is 6.04 Å². The molecule has 2 aliphatic carbocycles. The fourth-order valence-electron chi connectivity index (χ4n) is 3.73. The van der Waals surface area contributed by atoms with E-state index < -0.39 is 0 Å². The zero-order valence-electron chi connectivity index (χ0n) is 7.03. The summed E-state index contributed by atoms with van der Waals surface area (Å²) in [7, 11) is 2.26. The minimum atomic E-state index is 0.543. The van der Waals surface area contributed by atoms with Gasteiger partial charge in [-0.15, -0.1) is 0 Å². The molecule has 1 heterocycles. The molecule has 2 N–H and O–H groups in total. The summed E-state index contributed by atoms with van der Waals surface area (Å²) in [6.45, 7) is 1.27. The summed E-state index contributed by atoms with van der Waals surface area (Å²) < 4.78 is 0. The molecule has 0 aromatic carbocycles. The van der Waals surface area contributed by atoms with Gasteiger partial charge in [0.25, 0.3) is 0 Å². The Morgan fingerprint density at radius 1 is 1.27 bits per heavy atom. The normalized spacial score (nSPS) is 61.1. The number of nitrogens with two attached hydrogens (primary N) is 1. The van der Waals surface area contributed by atoms with Gasteiger partial charge in [0.2, 0.25) is 0 Å². The van der Waals surface area contributed by atoms with Gasteiger partial charge in [0.1, 0.15) is 0 Å². The molecule has 1 saturated heterocycles. The molecule has 2 heteroatoms. The van der Waals surface area contributed by atoms with Crippen molar-refractivity contribution in [1.29, 1.82) is 0 Å². The van der Waals surface area contributed by atoms with Crippen LogP contribution in [0.15, 0.2) is 0 Å². The minimum Gasteiger partial charge on any atom is -0.327 e. The fraction of sp³-hybridized carbons (Fsp3) is 1.00. The van der Waals surface area contributed by atoms with Gasteiger partial charge in [0, 0.05) is 18.6 Å². The predicted octanol–water partition coefficient (Wildman–Crippen LogP) is 0.284. The number of fused-ring (bicyclic) bond motifs is 1. The van der Waals surface area contributed by atoms with E-state index in [2.05, 4.69) is 11.9 Å². The molecule has 2 bridgehead atoms. The molecule has 3 rings (SSSR count). The molecule has 5 atom stereocenters. The van der Waals surface area contributed by atoms with E-state index in [1.807, 2.05) is 0 Å². The van der Waals surface area contributed by atoms with Crippen LogP contribution in [0.5, 0.6) is 0 Å². The Bertz CT molecular complexity index is 192. The lowest BCUT2D eigenvalue weighted by Crippen LogP contribution is -2.36. The molecule has 0 spiro atoms. The molecule has 62 valence electrons. The second-order valence-corrected chi connectivity index (χ2v) is 4.64. The van der Waals surface area contributed by atoms with Crippen molar-refractivity contribution in [2.75, 3.05) is 13.6 Å². The topological polar surface area (TPSA) is 29.3 Å². The molecule has 0 aromatic heterocycles. The summed E-state index contributed by atoms with van der Waals surface area (Å²) in [6, 6.07) is 1.45. The van der Waals surface area contributed by atoms with Crippen molar-refractivity contribution >= 4 is 0 Å². The molecule has 3 aliphatic rings. The van der Waals surface area contributed by atoms with Crippen LogP contribution in [0.25, 0.3) is 0 Å². The number of likely N-dealkylation sites (tertiary alicyclic amines) is 1. The van der Waals surface area contributed by atoms with Crippen LogP contribution in [0.3, 0.4) is 0 Å². The van der Waals surface area contributed by atoms with Crippen LogP contribution < -0.4 is 5.73 Å². The van der Waals surface area contributed by atoms with Gasteiger partial charge in [-0.25, -0.2) is 0 Å². The molecule has 0 amide bonds. The minimum absolute atomic E-state index is 0.543. The van der Waals surface area contributed by atoms with Gasteiger partial charge in [-0.1, -0.05) is 0 Å². The van der Waals surface area contributed by atoms with Crippen LogP contribution in [0.4, 0.5) is 0 Å². The molecule has 0 radical (unpaired) electrons. The summed E-state index contributed by atoms with van der Waals surface area (Å²) in [4.78, 5) is 2.53. The third-order valence-electron chi connectivity index (χ3n) is 4.27. The van der Waals surface area contributed by atoms with Crippen LogP contribution in [0.1, 0.15) is 12.8 Å². The van der Waals surface area contributed by atoms with Crippen LogP contribution in [-0.2, 0) is 0 Å². The average Bonchev–Trinajstić information content (AvgIpc) is 2.53. The maximum atomic E-state index is 6.14. The Kier molecular flexibility index (Phi) is 1.06. The molecule has 0 aromatic rings. The summed E-state index contributed by atoms with van der Waals surface area (Å²) in [5, 5.41) is 0. The Balaban J connectivity index is 1.98. The SMILES string of the molecule is CN1C[C@@H]2[C@H](N)[C@H]3C[C@H]2[C@H]1C3. The van der Waals surface area contributed by atoms with Crippen LogP contribution in [0.2, 0.25) is 0 Å². The van der Waals surface area contributed by atoms with Crippen molar-refractivity contribution in [1.82, 2.24) is 4.90 Å². The van der Waals surface area contributed by atoms with E-state index in [-0.39, 0.29) is 0 Å². The van der Waals surface area contributed by atoms with Gasteiger partial charge in [-0.2, -0.15) is 0 Å². The Hall–Kier alpha value is -0.0800. The first-order chi connectivity index (χ1) is 5.27. The molecular weight excluding hydrogens is 136 g/mol. The first-order valence-electron chi connectivity index (χ1n) is 4.73. The van der Waals surface area contributed by atoms with Crippen LogP contribution in [0, 0.1) is 17.8 Å². The Labute approximate surface area is 67.7 Å². The highest BCUT2D eigenvalue weighted by Gasteiger charge is 2.56. The molecule has 3 fully saturated rings. The zero-order valence-corrected chi connectivity index (χ0v) is 7.03. The molecule has 11 heavy (non-hydrogen) atoms. The fourth-order valence-corrected chi connectivity index (χ4v) is 3.73. The number of rotatable bonds is 0. The standard InChI is InChI=1S/C9H16N2/c1-11-4-7-6-2-5(9(7)10)3-8(6)11/h5-9H,2-4,10H2,1H3/t5-,6+,7-,8+,9+/m0/s1.